The van der Waals surface area contributed by atoms with Crippen LogP contribution in [0.1, 0.15) is 54.9 Å². The molecule has 1 N–H and O–H groups in total. The lowest BCUT2D eigenvalue weighted by Gasteiger charge is -2.07. The van der Waals surface area contributed by atoms with Crippen molar-refractivity contribution >= 4 is 11.7 Å². The second-order valence-electron chi connectivity index (χ2n) is 6.45. The molecule has 4 heteroatoms. The Kier molecular flexibility index (Phi) is 9.37. The van der Waals surface area contributed by atoms with E-state index in [0.29, 0.717) is 12.2 Å². The summed E-state index contributed by atoms with van der Waals surface area (Å²) in [4.78, 5) is 24.1. The minimum absolute atomic E-state index is 0.0527. The molecule has 0 spiro atoms. The molecule has 0 saturated heterocycles. The Balaban J connectivity index is 1.68. The van der Waals surface area contributed by atoms with Crippen LogP contribution in [0.2, 0.25) is 0 Å². The maximum absolute atomic E-state index is 12.2. The highest BCUT2D eigenvalue weighted by Gasteiger charge is 2.09. The predicted molar refractivity (Wildman–Crippen MR) is 111 cm³/mol. The molecule has 0 aromatic heterocycles. The number of rotatable bonds is 10. The van der Waals surface area contributed by atoms with Gasteiger partial charge in [0.15, 0.2) is 5.78 Å². The fourth-order valence-corrected chi connectivity index (χ4v) is 2.55. The van der Waals surface area contributed by atoms with Crippen molar-refractivity contribution in [3.8, 4) is 17.6 Å². The maximum atomic E-state index is 12.2. The molecule has 2 aromatic rings. The topological polar surface area (TPSA) is 55.4 Å². The van der Waals surface area contributed by atoms with Crippen LogP contribution in [0.5, 0.6) is 5.75 Å². The summed E-state index contributed by atoms with van der Waals surface area (Å²) in [6.07, 6.45) is 3.66. The Bertz CT molecular complexity index is 801. The number of unbranched alkanes of at least 4 members (excludes halogenated alkanes) is 2. The molecule has 0 aliphatic heterocycles. The standard InChI is InChI=1S/C24H27NO3/c1-2-3-7-19-28-22-14-12-21(13-15-22)23(26)16-17-24(27)25-18-8-11-20-9-5-4-6-10-20/h4-6,9-10,12-15H,2-3,7,16-19H2,1H3,(H,25,27). The van der Waals surface area contributed by atoms with Gasteiger partial charge in [-0.2, -0.15) is 0 Å². The van der Waals surface area contributed by atoms with Gasteiger partial charge in [-0.05, 0) is 42.8 Å². The number of ketones is 1. The van der Waals surface area contributed by atoms with E-state index < -0.39 is 0 Å². The molecule has 1 amide bonds. The van der Waals surface area contributed by atoms with E-state index in [1.54, 1.807) is 24.3 Å². The van der Waals surface area contributed by atoms with Crippen molar-refractivity contribution in [2.75, 3.05) is 13.2 Å². The van der Waals surface area contributed by atoms with E-state index in [9.17, 15) is 9.59 Å². The molecule has 146 valence electrons. The summed E-state index contributed by atoms with van der Waals surface area (Å²) < 4.78 is 5.64. The van der Waals surface area contributed by atoms with Gasteiger partial charge in [0, 0.05) is 24.0 Å². The molecule has 0 heterocycles. The van der Waals surface area contributed by atoms with Crippen LogP contribution >= 0.6 is 0 Å². The van der Waals surface area contributed by atoms with E-state index in [2.05, 4.69) is 24.1 Å². The van der Waals surface area contributed by atoms with Crippen LogP contribution in [0, 0.1) is 11.8 Å². The zero-order valence-corrected chi connectivity index (χ0v) is 16.4. The number of benzene rings is 2. The first-order chi connectivity index (χ1) is 13.7. The first kappa shape index (κ1) is 21.2. The molecule has 2 rings (SSSR count). The number of Topliss-reactive ketones (excluding diaryl/α,β-unsaturated/α-hetero) is 1. The quantitative estimate of drug-likeness (QED) is 0.380. The molecule has 0 bridgehead atoms. The summed E-state index contributed by atoms with van der Waals surface area (Å²) in [5.41, 5.74) is 1.50. The third-order valence-electron chi connectivity index (χ3n) is 4.15. The minimum Gasteiger partial charge on any atom is -0.494 e. The first-order valence-electron chi connectivity index (χ1n) is 9.75. The van der Waals surface area contributed by atoms with E-state index in [1.165, 1.54) is 0 Å². The number of hydrogen-bond acceptors (Lipinski definition) is 3. The second kappa shape index (κ2) is 12.3. The molecule has 0 fully saturated rings. The van der Waals surface area contributed by atoms with Crippen LogP contribution in [-0.2, 0) is 4.79 Å². The Hall–Kier alpha value is -3.06. The third kappa shape index (κ3) is 8.09. The summed E-state index contributed by atoms with van der Waals surface area (Å²) in [7, 11) is 0. The lowest BCUT2D eigenvalue weighted by Crippen LogP contribution is -2.24. The number of ether oxygens (including phenoxy) is 1. The molecular weight excluding hydrogens is 350 g/mol. The largest absolute Gasteiger partial charge is 0.494 e. The fraction of sp³-hybridized carbons (Fsp3) is 0.333. The molecule has 2 aromatic carbocycles. The van der Waals surface area contributed by atoms with Gasteiger partial charge < -0.3 is 10.1 Å². The number of carbonyl (C=O) groups excluding carboxylic acids is 2. The van der Waals surface area contributed by atoms with Gasteiger partial charge in [0.2, 0.25) is 5.91 Å². The van der Waals surface area contributed by atoms with Crippen molar-refractivity contribution < 1.29 is 14.3 Å². The predicted octanol–water partition coefficient (Wildman–Crippen LogP) is 4.39. The van der Waals surface area contributed by atoms with Crippen molar-refractivity contribution in [1.29, 1.82) is 0 Å². The Morgan fingerprint density at radius 2 is 1.71 bits per heavy atom. The zero-order chi connectivity index (χ0) is 20.0. The number of amides is 1. The summed E-state index contributed by atoms with van der Waals surface area (Å²) in [6, 6.07) is 16.7. The van der Waals surface area contributed by atoms with Crippen LogP contribution < -0.4 is 10.1 Å². The fourth-order valence-electron chi connectivity index (χ4n) is 2.55. The Labute approximate surface area is 167 Å². The number of hydrogen-bond donors (Lipinski definition) is 1. The SMILES string of the molecule is CCCCCOc1ccc(C(=O)CCC(=O)NCC#Cc2ccccc2)cc1. The highest BCUT2D eigenvalue weighted by molar-refractivity contribution is 5.98. The average molecular weight is 377 g/mol. The van der Waals surface area contributed by atoms with Gasteiger partial charge in [0.05, 0.1) is 13.2 Å². The normalized spacial score (nSPS) is 9.89. The molecule has 28 heavy (non-hydrogen) atoms. The summed E-state index contributed by atoms with van der Waals surface area (Å²) in [5, 5.41) is 2.72. The van der Waals surface area contributed by atoms with Crippen molar-refractivity contribution in [1.82, 2.24) is 5.32 Å². The number of carbonyl (C=O) groups is 2. The van der Waals surface area contributed by atoms with Gasteiger partial charge in [-0.15, -0.1) is 0 Å². The van der Waals surface area contributed by atoms with Gasteiger partial charge in [-0.3, -0.25) is 9.59 Å². The Morgan fingerprint density at radius 3 is 2.43 bits per heavy atom. The van der Waals surface area contributed by atoms with Gasteiger partial charge in [0.25, 0.3) is 0 Å². The van der Waals surface area contributed by atoms with Gasteiger partial charge >= 0.3 is 0 Å². The van der Waals surface area contributed by atoms with E-state index in [0.717, 1.165) is 30.6 Å². The third-order valence-corrected chi connectivity index (χ3v) is 4.15. The number of nitrogens with one attached hydrogen (secondary N) is 1. The van der Waals surface area contributed by atoms with Crippen LogP contribution in [0.3, 0.4) is 0 Å². The molecule has 0 radical (unpaired) electrons. The Morgan fingerprint density at radius 1 is 0.964 bits per heavy atom. The molecule has 0 unspecified atom stereocenters. The molecule has 0 atom stereocenters. The maximum Gasteiger partial charge on any atom is 0.221 e. The molecule has 0 aliphatic carbocycles. The molecular formula is C24H27NO3. The summed E-state index contributed by atoms with van der Waals surface area (Å²) in [5.74, 6) is 6.41. The molecule has 0 aliphatic rings. The minimum atomic E-state index is -0.174. The van der Waals surface area contributed by atoms with Gasteiger partial charge in [-0.1, -0.05) is 49.8 Å². The van der Waals surface area contributed by atoms with E-state index in [1.807, 2.05) is 30.3 Å². The highest BCUT2D eigenvalue weighted by atomic mass is 16.5. The van der Waals surface area contributed by atoms with Crippen molar-refractivity contribution in [2.45, 2.75) is 39.0 Å². The van der Waals surface area contributed by atoms with E-state index in [-0.39, 0.29) is 31.1 Å². The monoisotopic (exact) mass is 377 g/mol. The average Bonchev–Trinajstić information content (AvgIpc) is 2.74. The first-order valence-corrected chi connectivity index (χ1v) is 9.75. The lowest BCUT2D eigenvalue weighted by molar-refractivity contribution is -0.120. The lowest BCUT2D eigenvalue weighted by atomic mass is 10.1. The van der Waals surface area contributed by atoms with Gasteiger partial charge in [-0.25, -0.2) is 0 Å². The molecule has 0 saturated carbocycles. The highest BCUT2D eigenvalue weighted by Crippen LogP contribution is 2.14. The van der Waals surface area contributed by atoms with E-state index >= 15 is 0 Å². The van der Waals surface area contributed by atoms with Crippen LogP contribution in [0.4, 0.5) is 0 Å². The molecule has 4 nitrogen and oxygen atoms in total. The van der Waals surface area contributed by atoms with Gasteiger partial charge in [0.1, 0.15) is 5.75 Å². The van der Waals surface area contributed by atoms with Crippen LogP contribution in [0.15, 0.2) is 54.6 Å². The van der Waals surface area contributed by atoms with Crippen LogP contribution in [-0.4, -0.2) is 24.8 Å². The van der Waals surface area contributed by atoms with Crippen molar-refractivity contribution in [3.63, 3.8) is 0 Å². The second-order valence-corrected chi connectivity index (χ2v) is 6.45. The van der Waals surface area contributed by atoms with E-state index in [4.69, 9.17) is 4.74 Å². The summed E-state index contributed by atoms with van der Waals surface area (Å²) in [6.45, 7) is 3.11. The van der Waals surface area contributed by atoms with Crippen molar-refractivity contribution in [2.24, 2.45) is 0 Å². The van der Waals surface area contributed by atoms with Crippen LogP contribution in [0.25, 0.3) is 0 Å². The smallest absolute Gasteiger partial charge is 0.221 e. The summed E-state index contributed by atoms with van der Waals surface area (Å²) >= 11 is 0. The van der Waals surface area contributed by atoms with Crippen molar-refractivity contribution in [3.05, 3.63) is 65.7 Å². The zero-order valence-electron chi connectivity index (χ0n) is 16.4.